The molecule has 3 rings (SSSR count). The van der Waals surface area contributed by atoms with Crippen LogP contribution in [-0.2, 0) is 20.8 Å². The summed E-state index contributed by atoms with van der Waals surface area (Å²) in [6, 6.07) is 11.6. The van der Waals surface area contributed by atoms with Crippen molar-refractivity contribution in [2.75, 3.05) is 19.4 Å². The molecule has 43 heavy (non-hydrogen) atoms. The highest BCUT2D eigenvalue weighted by Crippen LogP contribution is 2.26. The van der Waals surface area contributed by atoms with Crippen molar-refractivity contribution in [1.29, 1.82) is 0 Å². The molecule has 3 aromatic rings. The second-order valence-electron chi connectivity index (χ2n) is 8.48. The van der Waals surface area contributed by atoms with Gasteiger partial charge in [0.25, 0.3) is 5.91 Å². The summed E-state index contributed by atoms with van der Waals surface area (Å²) in [5.41, 5.74) is 9.42. The van der Waals surface area contributed by atoms with Gasteiger partial charge in [-0.05, 0) is 41.8 Å². The number of H-pyrrole nitrogens is 1. The van der Waals surface area contributed by atoms with E-state index in [1.165, 1.54) is 4.90 Å². The maximum absolute atomic E-state index is 12.7. The third-order valence-corrected chi connectivity index (χ3v) is 5.19. The average molecular weight is 640 g/mol. The minimum Gasteiger partial charge on any atom is -0.475 e. The highest BCUT2D eigenvalue weighted by Gasteiger charge is 2.38. The van der Waals surface area contributed by atoms with Crippen LogP contribution in [0.3, 0.4) is 0 Å². The van der Waals surface area contributed by atoms with Gasteiger partial charge >= 0.3 is 24.3 Å². The Hall–Kier alpha value is -4.64. The normalized spacial score (nSPS) is 11.6. The van der Waals surface area contributed by atoms with E-state index < -0.39 is 30.3 Å². The number of aliphatic carboxylic acids is 2. The van der Waals surface area contributed by atoms with E-state index in [9.17, 15) is 35.9 Å². The number of hydrogen-bond acceptors (Lipinski definition) is 6. The van der Waals surface area contributed by atoms with E-state index in [1.807, 2.05) is 18.2 Å². The summed E-state index contributed by atoms with van der Waals surface area (Å²) in [6.07, 6.45) is -6.41. The van der Waals surface area contributed by atoms with Crippen LogP contribution in [0.15, 0.2) is 54.9 Å². The lowest BCUT2D eigenvalue weighted by molar-refractivity contribution is -0.193. The zero-order valence-electron chi connectivity index (χ0n) is 22.1. The molecule has 0 aliphatic heterocycles. The van der Waals surface area contributed by atoms with Gasteiger partial charge in [-0.25, -0.2) is 9.59 Å². The fourth-order valence-corrected chi connectivity index (χ4v) is 2.98. The zero-order valence-corrected chi connectivity index (χ0v) is 22.9. The average Bonchev–Trinajstić information content (AvgIpc) is 3.44. The van der Waals surface area contributed by atoms with E-state index in [0.717, 1.165) is 16.7 Å². The Labute approximate surface area is 244 Å². The minimum atomic E-state index is -5.08. The van der Waals surface area contributed by atoms with Crippen LogP contribution in [0.2, 0.25) is 5.02 Å². The number of amides is 2. The molecule has 234 valence electrons. The molecule has 0 radical (unpaired) electrons. The number of anilines is 1. The predicted octanol–water partition coefficient (Wildman–Crippen LogP) is 4.21. The number of alkyl halides is 6. The Morgan fingerprint density at radius 1 is 0.953 bits per heavy atom. The zero-order chi connectivity index (χ0) is 33.1. The molecule has 18 heteroatoms. The van der Waals surface area contributed by atoms with Crippen molar-refractivity contribution in [2.24, 2.45) is 5.73 Å². The molecule has 2 amide bonds. The van der Waals surface area contributed by atoms with E-state index in [0.29, 0.717) is 22.7 Å². The monoisotopic (exact) mass is 639 g/mol. The molecule has 1 aromatic heterocycles. The molecule has 0 fully saturated rings. The van der Waals surface area contributed by atoms with Gasteiger partial charge in [-0.15, -0.1) is 0 Å². The van der Waals surface area contributed by atoms with E-state index >= 15 is 0 Å². The second-order valence-corrected chi connectivity index (χ2v) is 8.92. The van der Waals surface area contributed by atoms with Crippen LogP contribution in [0, 0.1) is 0 Å². The van der Waals surface area contributed by atoms with Gasteiger partial charge in [-0.2, -0.15) is 31.4 Å². The number of benzene rings is 2. The van der Waals surface area contributed by atoms with Crippen molar-refractivity contribution in [3.05, 3.63) is 71.0 Å². The topological polar surface area (TPSA) is 179 Å². The summed E-state index contributed by atoms with van der Waals surface area (Å²) in [7, 11) is 3.31. The van der Waals surface area contributed by atoms with Gasteiger partial charge in [-0.1, -0.05) is 29.8 Å². The molecule has 11 nitrogen and oxygen atoms in total. The number of aromatic nitrogens is 2. The molecule has 1 heterocycles. The van der Waals surface area contributed by atoms with Crippen molar-refractivity contribution >= 4 is 41.0 Å². The van der Waals surface area contributed by atoms with Crippen molar-refractivity contribution in [2.45, 2.75) is 24.8 Å². The number of nitrogens with two attached hydrogens (primary N) is 1. The number of rotatable bonds is 6. The molecule has 0 bridgehead atoms. The summed E-state index contributed by atoms with van der Waals surface area (Å²) < 4.78 is 63.5. The number of carbonyl (C=O) groups excluding carboxylic acids is 2. The lowest BCUT2D eigenvalue weighted by Crippen LogP contribution is -2.38. The van der Waals surface area contributed by atoms with Gasteiger partial charge in [0.05, 0.1) is 23.5 Å². The fraction of sp³-hybridized carbons (Fsp3) is 0.240. The molecule has 0 unspecified atom stereocenters. The Kier molecular flexibility index (Phi) is 13.2. The van der Waals surface area contributed by atoms with Crippen LogP contribution >= 0.6 is 11.6 Å². The first kappa shape index (κ1) is 36.4. The van der Waals surface area contributed by atoms with E-state index in [4.69, 9.17) is 37.1 Å². The smallest absolute Gasteiger partial charge is 0.475 e. The van der Waals surface area contributed by atoms with Crippen molar-refractivity contribution in [1.82, 2.24) is 15.1 Å². The summed E-state index contributed by atoms with van der Waals surface area (Å²) in [5.74, 6) is -6.11. The van der Waals surface area contributed by atoms with Crippen LogP contribution in [0.25, 0.3) is 11.1 Å². The Balaban J connectivity index is 0.000000548. The van der Waals surface area contributed by atoms with E-state index in [-0.39, 0.29) is 11.8 Å². The molecule has 0 spiro atoms. The molecule has 1 atom stereocenters. The summed E-state index contributed by atoms with van der Waals surface area (Å²) in [6.45, 7) is 0. The standard InChI is InChI=1S/C21H22ClN5O2.2C2HF3O2/c1-27(2)21(29)17-10-14(15-11-24-25-12-15)5-8-19(17)26-20(28)18(23)9-13-3-6-16(22)7-4-13;2*3-2(4,5)1(6)7/h3-8,10-12,18H,9,23H2,1-2H3,(H,24,25)(H,26,28);2*(H,6,7)/t18-;;/m1../s1. The molecule has 0 saturated heterocycles. The van der Waals surface area contributed by atoms with Crippen LogP contribution in [0.1, 0.15) is 15.9 Å². The van der Waals surface area contributed by atoms with Gasteiger partial charge in [-0.3, -0.25) is 14.7 Å². The molecular weight excluding hydrogens is 616 g/mol. The third-order valence-electron chi connectivity index (χ3n) is 4.94. The Morgan fingerprint density at radius 2 is 1.47 bits per heavy atom. The highest BCUT2D eigenvalue weighted by molar-refractivity contribution is 6.30. The summed E-state index contributed by atoms with van der Waals surface area (Å²) in [5, 5.41) is 24.3. The van der Waals surface area contributed by atoms with Gasteiger partial charge in [0.2, 0.25) is 5.91 Å². The van der Waals surface area contributed by atoms with Crippen LogP contribution < -0.4 is 11.1 Å². The predicted molar refractivity (Wildman–Crippen MR) is 141 cm³/mol. The number of nitrogens with one attached hydrogen (secondary N) is 2. The second kappa shape index (κ2) is 15.5. The first-order valence-corrected chi connectivity index (χ1v) is 11.9. The quantitative estimate of drug-likeness (QED) is 0.249. The van der Waals surface area contributed by atoms with Gasteiger partial charge in [0.1, 0.15) is 0 Å². The van der Waals surface area contributed by atoms with E-state index in [1.54, 1.807) is 50.8 Å². The SMILES string of the molecule is CN(C)C(=O)c1cc(-c2cn[nH]c2)ccc1NC(=O)[C@H](N)Cc1ccc(Cl)cc1.O=C(O)C(F)(F)F.O=C(O)C(F)(F)F. The summed E-state index contributed by atoms with van der Waals surface area (Å²) >= 11 is 5.89. The molecule has 2 aromatic carbocycles. The van der Waals surface area contributed by atoms with Crippen LogP contribution in [0.5, 0.6) is 0 Å². The van der Waals surface area contributed by atoms with Crippen molar-refractivity contribution in [3.8, 4) is 11.1 Å². The van der Waals surface area contributed by atoms with Gasteiger partial charge < -0.3 is 26.2 Å². The van der Waals surface area contributed by atoms with Crippen molar-refractivity contribution in [3.63, 3.8) is 0 Å². The van der Waals surface area contributed by atoms with Crippen molar-refractivity contribution < 1.29 is 55.7 Å². The maximum Gasteiger partial charge on any atom is 0.490 e. The third kappa shape index (κ3) is 12.4. The van der Waals surface area contributed by atoms with Gasteiger partial charge in [0, 0.05) is 30.9 Å². The number of halogens is 7. The van der Waals surface area contributed by atoms with Gasteiger partial charge in [0.15, 0.2) is 0 Å². The number of hydrogen-bond donors (Lipinski definition) is 5. The first-order chi connectivity index (χ1) is 19.7. The molecule has 6 N–H and O–H groups in total. The molecule has 0 saturated carbocycles. The Morgan fingerprint density at radius 3 is 1.88 bits per heavy atom. The lowest BCUT2D eigenvalue weighted by Gasteiger charge is -2.18. The molecular formula is C25H24ClF6N5O6. The molecule has 0 aliphatic carbocycles. The lowest BCUT2D eigenvalue weighted by atomic mass is 10.0. The van der Waals surface area contributed by atoms with Crippen LogP contribution in [0.4, 0.5) is 32.0 Å². The van der Waals surface area contributed by atoms with E-state index in [2.05, 4.69) is 15.5 Å². The summed E-state index contributed by atoms with van der Waals surface area (Å²) in [4.78, 5) is 44.6. The first-order valence-electron chi connectivity index (χ1n) is 11.5. The molecule has 0 aliphatic rings. The largest absolute Gasteiger partial charge is 0.490 e. The highest BCUT2D eigenvalue weighted by atomic mass is 35.5. The number of aromatic amines is 1. The van der Waals surface area contributed by atoms with Crippen LogP contribution in [-0.4, -0.2) is 81.6 Å². The number of carbonyl (C=O) groups is 4. The Bertz CT molecular complexity index is 1370. The minimum absolute atomic E-state index is 0.225. The number of nitrogens with zero attached hydrogens (tertiary/aromatic N) is 2. The maximum atomic E-state index is 12.7. The number of carboxylic acid groups (broad SMARTS) is 2. The number of carboxylic acids is 2. The fourth-order valence-electron chi connectivity index (χ4n) is 2.85.